The minimum atomic E-state index is -1.03. The largest absolute Gasteiger partial charge is 0.478 e. The van der Waals surface area contributed by atoms with Crippen LogP contribution in [0.15, 0.2) is 35.1 Å². The first-order chi connectivity index (χ1) is 9.10. The van der Waals surface area contributed by atoms with Gasteiger partial charge in [-0.1, -0.05) is 22.9 Å². The van der Waals surface area contributed by atoms with Crippen LogP contribution in [0.25, 0.3) is 0 Å². The summed E-state index contributed by atoms with van der Waals surface area (Å²) in [7, 11) is 0. The zero-order chi connectivity index (χ0) is 13.8. The third-order valence-electron chi connectivity index (χ3n) is 2.46. The number of hydrogen-bond donors (Lipinski definition) is 1. The number of halogens is 1. The molecule has 2 aromatic rings. The number of aryl methyl sites for hydroxylation is 1. The van der Waals surface area contributed by atoms with Gasteiger partial charge in [-0.05, 0) is 24.6 Å². The van der Waals surface area contributed by atoms with E-state index >= 15 is 0 Å². The molecule has 0 unspecified atom stereocenters. The number of hydrogen-bond acceptors (Lipinski definition) is 3. The van der Waals surface area contributed by atoms with E-state index in [9.17, 15) is 4.79 Å². The normalized spacial score (nSPS) is 10.4. The second-order valence-electron chi connectivity index (χ2n) is 3.99. The van der Waals surface area contributed by atoms with Gasteiger partial charge in [-0.15, -0.1) is 0 Å². The number of carboxylic acid groups (broad SMARTS) is 1. The van der Waals surface area contributed by atoms with E-state index in [0.29, 0.717) is 16.0 Å². The number of carbonyl (C=O) groups is 1. The fourth-order valence-corrected chi connectivity index (χ4v) is 2.00. The Hall–Kier alpha value is -1.82. The maximum absolute atomic E-state index is 11.2. The van der Waals surface area contributed by atoms with Gasteiger partial charge in [-0.3, -0.25) is 4.68 Å². The van der Waals surface area contributed by atoms with E-state index in [1.54, 1.807) is 29.2 Å². The van der Waals surface area contributed by atoms with Crippen molar-refractivity contribution >= 4 is 21.9 Å². The molecular formula is C13H13BrN2O3. The SMILES string of the molecule is CCCn1cc(Oc2ccc(Br)cc2C(=O)O)cn1. The molecule has 2 rings (SSSR count). The van der Waals surface area contributed by atoms with Crippen molar-refractivity contribution in [2.75, 3.05) is 0 Å². The van der Waals surface area contributed by atoms with Gasteiger partial charge in [0, 0.05) is 11.0 Å². The number of aromatic nitrogens is 2. The van der Waals surface area contributed by atoms with Gasteiger partial charge in [-0.25, -0.2) is 4.79 Å². The smallest absolute Gasteiger partial charge is 0.339 e. The fraction of sp³-hybridized carbons (Fsp3) is 0.231. The van der Waals surface area contributed by atoms with E-state index in [1.807, 2.05) is 0 Å². The average Bonchev–Trinajstić information content (AvgIpc) is 2.79. The van der Waals surface area contributed by atoms with Crippen molar-refractivity contribution in [3.8, 4) is 11.5 Å². The Kier molecular flexibility index (Phi) is 4.21. The maximum atomic E-state index is 11.2. The average molecular weight is 325 g/mol. The van der Waals surface area contributed by atoms with Gasteiger partial charge >= 0.3 is 5.97 Å². The molecule has 0 fully saturated rings. The molecule has 1 aromatic carbocycles. The molecule has 1 aromatic heterocycles. The first-order valence-electron chi connectivity index (χ1n) is 5.83. The van der Waals surface area contributed by atoms with E-state index in [2.05, 4.69) is 28.0 Å². The molecule has 19 heavy (non-hydrogen) atoms. The Bertz CT molecular complexity index is 595. The number of benzene rings is 1. The van der Waals surface area contributed by atoms with Crippen LogP contribution in [0.5, 0.6) is 11.5 Å². The molecule has 0 radical (unpaired) electrons. The number of carboxylic acids is 1. The summed E-state index contributed by atoms with van der Waals surface area (Å²) in [5, 5.41) is 13.3. The van der Waals surface area contributed by atoms with E-state index in [4.69, 9.17) is 9.84 Å². The summed E-state index contributed by atoms with van der Waals surface area (Å²) in [4.78, 5) is 11.2. The van der Waals surface area contributed by atoms with Gasteiger partial charge in [0.05, 0.1) is 12.4 Å². The quantitative estimate of drug-likeness (QED) is 0.913. The van der Waals surface area contributed by atoms with Crippen molar-refractivity contribution in [2.45, 2.75) is 19.9 Å². The van der Waals surface area contributed by atoms with Crippen LogP contribution < -0.4 is 4.74 Å². The summed E-state index contributed by atoms with van der Waals surface area (Å²) in [5.74, 6) is -0.206. The lowest BCUT2D eigenvalue weighted by Crippen LogP contribution is -2.00. The Balaban J connectivity index is 2.24. The molecule has 1 N–H and O–H groups in total. The summed E-state index contributed by atoms with van der Waals surface area (Å²) < 4.78 is 8.02. The number of nitrogens with zero attached hydrogens (tertiary/aromatic N) is 2. The van der Waals surface area contributed by atoms with Crippen molar-refractivity contribution in [2.24, 2.45) is 0 Å². The first kappa shape index (κ1) is 13.6. The molecule has 0 bridgehead atoms. The summed E-state index contributed by atoms with van der Waals surface area (Å²) >= 11 is 3.24. The van der Waals surface area contributed by atoms with Crippen LogP contribution in [0.3, 0.4) is 0 Å². The molecule has 0 amide bonds. The van der Waals surface area contributed by atoms with Gasteiger partial charge in [0.1, 0.15) is 11.3 Å². The molecule has 0 aliphatic heterocycles. The van der Waals surface area contributed by atoms with Crippen LogP contribution in [0.2, 0.25) is 0 Å². The molecule has 0 saturated carbocycles. The van der Waals surface area contributed by atoms with Gasteiger partial charge in [0.15, 0.2) is 5.75 Å². The second-order valence-corrected chi connectivity index (χ2v) is 4.90. The van der Waals surface area contributed by atoms with E-state index in [-0.39, 0.29) is 5.56 Å². The minimum Gasteiger partial charge on any atom is -0.478 e. The van der Waals surface area contributed by atoms with Crippen molar-refractivity contribution in [1.82, 2.24) is 9.78 Å². The lowest BCUT2D eigenvalue weighted by Gasteiger charge is -2.06. The van der Waals surface area contributed by atoms with E-state index < -0.39 is 5.97 Å². The highest BCUT2D eigenvalue weighted by molar-refractivity contribution is 9.10. The molecular weight excluding hydrogens is 312 g/mol. The Morgan fingerprint density at radius 1 is 1.53 bits per heavy atom. The van der Waals surface area contributed by atoms with Gasteiger partial charge in [0.2, 0.25) is 0 Å². The molecule has 6 heteroatoms. The summed E-state index contributed by atoms with van der Waals surface area (Å²) in [5.41, 5.74) is 0.109. The predicted octanol–water partition coefficient (Wildman–Crippen LogP) is 3.55. The molecule has 0 spiro atoms. The highest BCUT2D eigenvalue weighted by Crippen LogP contribution is 2.27. The zero-order valence-electron chi connectivity index (χ0n) is 10.3. The van der Waals surface area contributed by atoms with Gasteiger partial charge < -0.3 is 9.84 Å². The van der Waals surface area contributed by atoms with Crippen molar-refractivity contribution < 1.29 is 14.6 Å². The Labute approximate surface area is 118 Å². The van der Waals surface area contributed by atoms with Crippen LogP contribution in [0.1, 0.15) is 23.7 Å². The number of aromatic carboxylic acids is 1. The lowest BCUT2D eigenvalue weighted by atomic mass is 10.2. The highest BCUT2D eigenvalue weighted by atomic mass is 79.9. The third-order valence-corrected chi connectivity index (χ3v) is 2.96. The third kappa shape index (κ3) is 3.35. The van der Waals surface area contributed by atoms with Crippen molar-refractivity contribution in [1.29, 1.82) is 0 Å². The second kappa shape index (κ2) is 5.88. The highest BCUT2D eigenvalue weighted by Gasteiger charge is 2.13. The minimum absolute atomic E-state index is 0.109. The summed E-state index contributed by atoms with van der Waals surface area (Å²) in [6.45, 7) is 2.86. The van der Waals surface area contributed by atoms with Crippen molar-refractivity contribution in [3.63, 3.8) is 0 Å². The molecule has 0 saturated heterocycles. The van der Waals surface area contributed by atoms with Crippen LogP contribution in [0, 0.1) is 0 Å². The number of rotatable bonds is 5. The number of ether oxygens (including phenoxy) is 1. The summed E-state index contributed by atoms with van der Waals surface area (Å²) in [6, 6.07) is 4.86. The predicted molar refractivity (Wildman–Crippen MR) is 73.7 cm³/mol. The Morgan fingerprint density at radius 2 is 2.32 bits per heavy atom. The monoisotopic (exact) mass is 324 g/mol. The Morgan fingerprint density at radius 3 is 3.00 bits per heavy atom. The van der Waals surface area contributed by atoms with E-state index in [0.717, 1.165) is 13.0 Å². The van der Waals surface area contributed by atoms with Crippen molar-refractivity contribution in [3.05, 3.63) is 40.6 Å². The van der Waals surface area contributed by atoms with E-state index in [1.165, 1.54) is 6.07 Å². The molecule has 1 heterocycles. The molecule has 0 aliphatic carbocycles. The first-order valence-corrected chi connectivity index (χ1v) is 6.62. The van der Waals surface area contributed by atoms with Crippen LogP contribution in [-0.2, 0) is 6.54 Å². The lowest BCUT2D eigenvalue weighted by molar-refractivity contribution is 0.0694. The van der Waals surface area contributed by atoms with Gasteiger partial charge in [-0.2, -0.15) is 5.10 Å². The standard InChI is InChI=1S/C13H13BrN2O3/c1-2-5-16-8-10(7-15-16)19-12-4-3-9(14)6-11(12)13(17)18/h3-4,6-8H,2,5H2,1H3,(H,17,18). The van der Waals surface area contributed by atoms with Crippen LogP contribution in [-0.4, -0.2) is 20.9 Å². The maximum Gasteiger partial charge on any atom is 0.339 e. The molecule has 5 nitrogen and oxygen atoms in total. The van der Waals surface area contributed by atoms with Gasteiger partial charge in [0.25, 0.3) is 0 Å². The van der Waals surface area contributed by atoms with Crippen LogP contribution >= 0.6 is 15.9 Å². The molecule has 0 aliphatic rings. The molecule has 0 atom stereocenters. The van der Waals surface area contributed by atoms with Crippen LogP contribution in [0.4, 0.5) is 0 Å². The fourth-order valence-electron chi connectivity index (χ4n) is 1.63. The summed E-state index contributed by atoms with van der Waals surface area (Å²) in [6.07, 6.45) is 4.29. The topological polar surface area (TPSA) is 64.3 Å². The zero-order valence-corrected chi connectivity index (χ0v) is 11.9. The molecule has 100 valence electrons.